The molecule has 2 aliphatic rings. The monoisotopic (exact) mass is 375 g/mol. The van der Waals surface area contributed by atoms with Crippen molar-refractivity contribution >= 4 is 5.96 Å². The van der Waals surface area contributed by atoms with E-state index >= 15 is 0 Å². The van der Waals surface area contributed by atoms with Crippen molar-refractivity contribution in [2.24, 2.45) is 4.99 Å². The summed E-state index contributed by atoms with van der Waals surface area (Å²) in [5.41, 5.74) is 0.994. The standard InChI is InChI=1S/C21H37N5O/c1-4-22-21(23-14-19-13-20(16(2)3)25-27-19)24-17-9-8-12-26(15-17)18-10-6-5-7-11-18/h13,16-18H,4-12,14-15H2,1-3H3,(H2,22,23,24). The summed E-state index contributed by atoms with van der Waals surface area (Å²) in [7, 11) is 0. The molecule has 0 spiro atoms. The molecule has 1 aliphatic carbocycles. The van der Waals surface area contributed by atoms with E-state index in [0.29, 0.717) is 18.5 Å². The minimum Gasteiger partial charge on any atom is -0.359 e. The Morgan fingerprint density at radius 1 is 1.26 bits per heavy atom. The molecule has 6 nitrogen and oxygen atoms in total. The zero-order valence-corrected chi connectivity index (χ0v) is 17.3. The Bertz CT molecular complexity index is 591. The summed E-state index contributed by atoms with van der Waals surface area (Å²) in [6.45, 7) is 10.1. The minimum absolute atomic E-state index is 0.380. The maximum absolute atomic E-state index is 5.42. The Morgan fingerprint density at radius 2 is 2.07 bits per heavy atom. The summed E-state index contributed by atoms with van der Waals surface area (Å²) >= 11 is 0. The third-order valence-corrected chi connectivity index (χ3v) is 5.79. The van der Waals surface area contributed by atoms with Crippen molar-refractivity contribution in [2.75, 3.05) is 19.6 Å². The summed E-state index contributed by atoms with van der Waals surface area (Å²) in [6.07, 6.45) is 9.47. The fourth-order valence-corrected chi connectivity index (χ4v) is 4.25. The molecule has 1 unspecified atom stereocenters. The highest BCUT2D eigenvalue weighted by Gasteiger charge is 2.27. The van der Waals surface area contributed by atoms with E-state index in [-0.39, 0.29) is 0 Å². The number of nitrogens with one attached hydrogen (secondary N) is 2. The lowest BCUT2D eigenvalue weighted by atomic mass is 9.92. The van der Waals surface area contributed by atoms with Gasteiger partial charge in [-0.15, -0.1) is 0 Å². The van der Waals surface area contributed by atoms with E-state index < -0.39 is 0 Å². The number of piperidine rings is 1. The Balaban J connectivity index is 1.55. The van der Waals surface area contributed by atoms with Crippen LogP contribution in [-0.2, 0) is 6.54 Å². The predicted octanol–water partition coefficient (Wildman–Crippen LogP) is 3.65. The smallest absolute Gasteiger partial charge is 0.191 e. The van der Waals surface area contributed by atoms with E-state index in [4.69, 9.17) is 9.52 Å². The van der Waals surface area contributed by atoms with Crippen LogP contribution in [-0.4, -0.2) is 47.7 Å². The first kappa shape index (κ1) is 20.2. The molecule has 2 heterocycles. The SMILES string of the molecule is CCNC(=NCc1cc(C(C)C)no1)NC1CCCN(C2CCCCC2)C1. The van der Waals surface area contributed by atoms with Gasteiger partial charge < -0.3 is 15.2 Å². The third-order valence-electron chi connectivity index (χ3n) is 5.79. The Kier molecular flexibility index (Phi) is 7.56. The van der Waals surface area contributed by atoms with Crippen molar-refractivity contribution in [3.8, 4) is 0 Å². The maximum Gasteiger partial charge on any atom is 0.191 e. The van der Waals surface area contributed by atoms with Crippen molar-refractivity contribution in [3.63, 3.8) is 0 Å². The first-order valence-electron chi connectivity index (χ1n) is 10.9. The van der Waals surface area contributed by atoms with E-state index in [9.17, 15) is 0 Å². The fourth-order valence-electron chi connectivity index (χ4n) is 4.25. The number of aliphatic imine (C=N–C) groups is 1. The zero-order chi connectivity index (χ0) is 19.1. The third kappa shape index (κ3) is 5.96. The van der Waals surface area contributed by atoms with Gasteiger partial charge in [0.1, 0.15) is 6.54 Å². The van der Waals surface area contributed by atoms with Gasteiger partial charge in [-0.2, -0.15) is 0 Å². The molecule has 1 aromatic rings. The Hall–Kier alpha value is -1.56. The van der Waals surface area contributed by atoms with Gasteiger partial charge in [-0.05, 0) is 45.1 Å². The summed E-state index contributed by atoms with van der Waals surface area (Å²) in [4.78, 5) is 7.45. The van der Waals surface area contributed by atoms with Gasteiger partial charge in [0.2, 0.25) is 0 Å². The second kappa shape index (κ2) is 10.1. The van der Waals surface area contributed by atoms with Crippen LogP contribution in [0.15, 0.2) is 15.6 Å². The number of hydrogen-bond donors (Lipinski definition) is 2. The molecule has 0 bridgehead atoms. The summed E-state index contributed by atoms with van der Waals surface area (Å²) < 4.78 is 5.42. The molecule has 2 N–H and O–H groups in total. The summed E-state index contributed by atoms with van der Waals surface area (Å²) in [5, 5.41) is 11.2. The topological polar surface area (TPSA) is 65.7 Å². The fraction of sp³-hybridized carbons (Fsp3) is 0.810. The van der Waals surface area contributed by atoms with E-state index in [1.54, 1.807) is 0 Å². The van der Waals surface area contributed by atoms with E-state index in [0.717, 1.165) is 36.5 Å². The van der Waals surface area contributed by atoms with Crippen LogP contribution in [0.2, 0.25) is 0 Å². The van der Waals surface area contributed by atoms with Gasteiger partial charge in [0.05, 0.1) is 5.69 Å². The minimum atomic E-state index is 0.380. The van der Waals surface area contributed by atoms with Crippen molar-refractivity contribution in [1.29, 1.82) is 0 Å². The number of likely N-dealkylation sites (tertiary alicyclic amines) is 1. The lowest BCUT2D eigenvalue weighted by Gasteiger charge is -2.40. The van der Waals surface area contributed by atoms with Gasteiger partial charge in [0.25, 0.3) is 0 Å². The molecule has 0 aromatic carbocycles. The molecule has 1 saturated carbocycles. The molecule has 3 rings (SSSR count). The van der Waals surface area contributed by atoms with Crippen LogP contribution in [0.4, 0.5) is 0 Å². The van der Waals surface area contributed by atoms with Gasteiger partial charge in [-0.3, -0.25) is 4.90 Å². The zero-order valence-electron chi connectivity index (χ0n) is 17.3. The van der Waals surface area contributed by atoms with E-state index in [1.807, 2.05) is 6.07 Å². The molecule has 27 heavy (non-hydrogen) atoms. The number of aromatic nitrogens is 1. The molecule has 1 aliphatic heterocycles. The van der Waals surface area contributed by atoms with Crippen LogP contribution in [0.5, 0.6) is 0 Å². The van der Waals surface area contributed by atoms with Crippen molar-refractivity contribution in [3.05, 3.63) is 17.5 Å². The van der Waals surface area contributed by atoms with Crippen molar-refractivity contribution < 1.29 is 4.52 Å². The highest BCUT2D eigenvalue weighted by atomic mass is 16.5. The first-order valence-corrected chi connectivity index (χ1v) is 10.9. The molecule has 6 heteroatoms. The van der Waals surface area contributed by atoms with Crippen LogP contribution in [0, 0.1) is 0 Å². The van der Waals surface area contributed by atoms with Crippen LogP contribution >= 0.6 is 0 Å². The van der Waals surface area contributed by atoms with E-state index in [1.165, 1.54) is 51.5 Å². The Morgan fingerprint density at radius 3 is 2.78 bits per heavy atom. The average Bonchev–Trinajstić information content (AvgIpc) is 3.17. The molecule has 152 valence electrons. The summed E-state index contributed by atoms with van der Waals surface area (Å²) in [5.74, 6) is 2.09. The van der Waals surface area contributed by atoms with Gasteiger partial charge in [-0.1, -0.05) is 38.3 Å². The highest BCUT2D eigenvalue weighted by molar-refractivity contribution is 5.80. The van der Waals surface area contributed by atoms with Crippen LogP contribution in [0.3, 0.4) is 0 Å². The molecule has 0 radical (unpaired) electrons. The molecule has 1 saturated heterocycles. The maximum atomic E-state index is 5.42. The predicted molar refractivity (Wildman–Crippen MR) is 110 cm³/mol. The quantitative estimate of drug-likeness (QED) is 0.587. The van der Waals surface area contributed by atoms with Gasteiger partial charge in [0.15, 0.2) is 11.7 Å². The van der Waals surface area contributed by atoms with Crippen molar-refractivity contribution in [1.82, 2.24) is 20.7 Å². The number of nitrogens with zero attached hydrogens (tertiary/aromatic N) is 3. The lowest BCUT2D eigenvalue weighted by molar-refractivity contribution is 0.115. The molecular weight excluding hydrogens is 338 g/mol. The number of guanidine groups is 1. The molecule has 2 fully saturated rings. The summed E-state index contributed by atoms with van der Waals surface area (Å²) in [6, 6.07) is 3.29. The molecule has 1 atom stereocenters. The molecule has 0 amide bonds. The highest BCUT2D eigenvalue weighted by Crippen LogP contribution is 2.25. The first-order chi connectivity index (χ1) is 13.2. The van der Waals surface area contributed by atoms with Gasteiger partial charge in [-0.25, -0.2) is 4.99 Å². The van der Waals surface area contributed by atoms with Crippen LogP contribution in [0.25, 0.3) is 0 Å². The molecular formula is C21H37N5O. The largest absolute Gasteiger partial charge is 0.359 e. The lowest BCUT2D eigenvalue weighted by Crippen LogP contribution is -2.53. The normalized spacial score (nSPS) is 23.0. The van der Waals surface area contributed by atoms with Gasteiger partial charge in [0, 0.05) is 31.2 Å². The number of hydrogen-bond acceptors (Lipinski definition) is 4. The van der Waals surface area contributed by atoms with E-state index in [2.05, 4.69) is 41.5 Å². The second-order valence-electron chi connectivity index (χ2n) is 8.34. The molecule has 1 aromatic heterocycles. The number of rotatable bonds is 6. The second-order valence-corrected chi connectivity index (χ2v) is 8.34. The van der Waals surface area contributed by atoms with Crippen molar-refractivity contribution in [2.45, 2.75) is 90.3 Å². The average molecular weight is 376 g/mol. The van der Waals surface area contributed by atoms with Gasteiger partial charge >= 0.3 is 0 Å². The van der Waals surface area contributed by atoms with Crippen LogP contribution < -0.4 is 10.6 Å². The van der Waals surface area contributed by atoms with Crippen LogP contribution in [0.1, 0.15) is 83.1 Å². The Labute approximate surface area is 164 Å².